The molecule has 0 bridgehead atoms. The summed E-state index contributed by atoms with van der Waals surface area (Å²) in [6.45, 7) is 6.98. The first-order chi connectivity index (χ1) is 20.8. The van der Waals surface area contributed by atoms with E-state index in [2.05, 4.69) is 4.90 Å². The highest BCUT2D eigenvalue weighted by molar-refractivity contribution is 5.95. The molecule has 0 aromatic heterocycles. The molecular weight excluding hydrogens is 621 g/mol. The van der Waals surface area contributed by atoms with Crippen LogP contribution in [0, 0.1) is 0 Å². The molecule has 2 heterocycles. The van der Waals surface area contributed by atoms with Crippen LogP contribution in [-0.4, -0.2) is 91.8 Å². The van der Waals surface area contributed by atoms with Crippen molar-refractivity contribution in [3.05, 3.63) is 64.2 Å². The zero-order valence-electron chi connectivity index (χ0n) is 24.8. The van der Waals surface area contributed by atoms with Crippen LogP contribution in [0.5, 0.6) is 5.75 Å². The van der Waals surface area contributed by atoms with Crippen molar-refractivity contribution in [1.29, 1.82) is 0 Å². The van der Waals surface area contributed by atoms with Gasteiger partial charge in [0.2, 0.25) is 0 Å². The Kier molecular flexibility index (Phi) is 10.3. The van der Waals surface area contributed by atoms with E-state index in [0.717, 1.165) is 13.2 Å². The summed E-state index contributed by atoms with van der Waals surface area (Å²) in [5.74, 6) is -1.49. The minimum absolute atomic E-state index is 0.0191. The van der Waals surface area contributed by atoms with Crippen molar-refractivity contribution in [3.63, 3.8) is 0 Å². The second-order valence-electron chi connectivity index (χ2n) is 11.5. The largest absolute Gasteiger partial charge is 0.496 e. The average Bonchev–Trinajstić information content (AvgIpc) is 2.93. The monoisotopic (exact) mass is 655 g/mol. The maximum absolute atomic E-state index is 13.6. The number of carbonyl (C=O) groups is 1. The van der Waals surface area contributed by atoms with Gasteiger partial charge in [-0.2, -0.15) is 39.5 Å². The first kappa shape index (κ1) is 34.8. The third kappa shape index (κ3) is 8.82. The number of methoxy groups -OCH3 is 1. The molecule has 3 atom stereocenters. The van der Waals surface area contributed by atoms with Crippen molar-refractivity contribution < 1.29 is 53.8 Å². The van der Waals surface area contributed by atoms with Crippen LogP contribution in [0.1, 0.15) is 46.5 Å². The van der Waals surface area contributed by atoms with E-state index in [0.29, 0.717) is 50.4 Å². The van der Waals surface area contributed by atoms with Crippen molar-refractivity contribution in [1.82, 2.24) is 14.7 Å². The molecule has 15 heteroatoms. The van der Waals surface area contributed by atoms with Gasteiger partial charge in [0, 0.05) is 57.4 Å². The molecule has 6 nitrogen and oxygen atoms in total. The number of rotatable bonds is 7. The average molecular weight is 656 g/mol. The molecule has 45 heavy (non-hydrogen) atoms. The van der Waals surface area contributed by atoms with Gasteiger partial charge < -0.3 is 14.4 Å². The number of ether oxygens (including phenoxy) is 2. The van der Waals surface area contributed by atoms with E-state index in [1.807, 2.05) is 18.7 Å². The van der Waals surface area contributed by atoms with E-state index in [-0.39, 0.29) is 37.8 Å². The van der Waals surface area contributed by atoms with Crippen LogP contribution in [0.3, 0.4) is 0 Å². The second kappa shape index (κ2) is 13.4. The number of amides is 1. The summed E-state index contributed by atoms with van der Waals surface area (Å²) in [4.78, 5) is 19.1. The lowest BCUT2D eigenvalue weighted by atomic mass is 9.98. The van der Waals surface area contributed by atoms with E-state index in [1.165, 1.54) is 17.0 Å². The molecule has 2 saturated heterocycles. The fraction of sp³-hybridized carbons (Fsp3) is 0.567. The summed E-state index contributed by atoms with van der Waals surface area (Å²) in [5, 5.41) is 0. The van der Waals surface area contributed by atoms with Crippen LogP contribution in [0.15, 0.2) is 36.4 Å². The standard InChI is InChI=1S/C30H34F9N3O3/c1-18-15-41(16-19(2)45-18)7-6-40-8-9-42(24(17-40)10-20-4-5-25(30(37,38)39)26(11-20)44-3)27(43)21-12-22(28(31,32)33)14-23(13-21)29(34,35)36/h4-5,11-14,18-19,24H,6-10,15-17H2,1-3H3/t18-,19+,24-/m1/s1. The highest BCUT2D eigenvalue weighted by Crippen LogP contribution is 2.38. The Hall–Kier alpha value is -3.04. The molecular formula is C30H34F9N3O3. The number of benzene rings is 2. The van der Waals surface area contributed by atoms with E-state index in [9.17, 15) is 44.3 Å². The van der Waals surface area contributed by atoms with Crippen molar-refractivity contribution in [2.24, 2.45) is 0 Å². The third-order valence-electron chi connectivity index (χ3n) is 7.93. The number of halogens is 9. The summed E-state index contributed by atoms with van der Waals surface area (Å²) < 4.78 is 132. The molecule has 0 N–H and O–H groups in total. The summed E-state index contributed by atoms with van der Waals surface area (Å²) in [6.07, 6.45) is -14.9. The van der Waals surface area contributed by atoms with Crippen molar-refractivity contribution in [2.75, 3.05) is 52.9 Å². The smallest absolute Gasteiger partial charge is 0.419 e. The van der Waals surface area contributed by atoms with Gasteiger partial charge in [0.25, 0.3) is 5.91 Å². The molecule has 2 aliphatic rings. The number of piperazine rings is 1. The van der Waals surface area contributed by atoms with Gasteiger partial charge in [0.15, 0.2) is 0 Å². The minimum atomic E-state index is -5.14. The Morgan fingerprint density at radius 2 is 1.38 bits per heavy atom. The van der Waals surface area contributed by atoms with Crippen LogP contribution in [0.4, 0.5) is 39.5 Å². The number of carbonyl (C=O) groups excluding carboxylic acids is 1. The Labute approximate surface area is 254 Å². The van der Waals surface area contributed by atoms with Crippen LogP contribution in [-0.2, 0) is 29.7 Å². The molecule has 0 aliphatic carbocycles. The fourth-order valence-electron chi connectivity index (χ4n) is 5.93. The van der Waals surface area contributed by atoms with Gasteiger partial charge in [-0.05, 0) is 56.2 Å². The van der Waals surface area contributed by atoms with Gasteiger partial charge in [-0.3, -0.25) is 14.6 Å². The topological polar surface area (TPSA) is 45.2 Å². The van der Waals surface area contributed by atoms with Crippen LogP contribution in [0.2, 0.25) is 0 Å². The zero-order valence-corrected chi connectivity index (χ0v) is 24.8. The molecule has 0 radical (unpaired) electrons. The highest BCUT2D eigenvalue weighted by atomic mass is 19.4. The minimum Gasteiger partial charge on any atom is -0.496 e. The van der Waals surface area contributed by atoms with Gasteiger partial charge in [-0.15, -0.1) is 0 Å². The maximum Gasteiger partial charge on any atom is 0.419 e. The summed E-state index contributed by atoms with van der Waals surface area (Å²) in [7, 11) is 1.08. The number of alkyl halides is 9. The fourth-order valence-corrected chi connectivity index (χ4v) is 5.93. The molecule has 2 aromatic carbocycles. The van der Waals surface area contributed by atoms with Gasteiger partial charge >= 0.3 is 18.5 Å². The van der Waals surface area contributed by atoms with Crippen LogP contribution in [0.25, 0.3) is 0 Å². The molecule has 2 aromatic rings. The molecule has 2 aliphatic heterocycles. The SMILES string of the molecule is COc1cc(C[C@@H]2CN(CCN3C[C@@H](C)O[C@@H](C)C3)CCN2C(=O)c2cc(C(F)(F)F)cc(C(F)(F)F)c2)ccc1C(F)(F)F. The lowest BCUT2D eigenvalue weighted by Crippen LogP contribution is -2.57. The first-order valence-corrected chi connectivity index (χ1v) is 14.3. The molecule has 1 amide bonds. The molecule has 4 rings (SSSR count). The van der Waals surface area contributed by atoms with Gasteiger partial charge in [-0.25, -0.2) is 0 Å². The van der Waals surface area contributed by atoms with Crippen LogP contribution < -0.4 is 4.74 Å². The number of morpholine rings is 1. The molecule has 250 valence electrons. The second-order valence-corrected chi connectivity index (χ2v) is 11.5. The molecule has 2 fully saturated rings. The lowest BCUT2D eigenvalue weighted by molar-refractivity contribution is -0.143. The van der Waals surface area contributed by atoms with E-state index < -0.39 is 58.5 Å². The molecule has 0 spiro atoms. The van der Waals surface area contributed by atoms with Crippen molar-refractivity contribution in [3.8, 4) is 5.75 Å². The third-order valence-corrected chi connectivity index (χ3v) is 7.93. The summed E-state index contributed by atoms with van der Waals surface area (Å²) in [5.41, 5.74) is -4.67. The lowest BCUT2D eigenvalue weighted by Gasteiger charge is -2.43. The summed E-state index contributed by atoms with van der Waals surface area (Å²) in [6, 6.07) is 3.19. The predicted octanol–water partition coefficient (Wildman–Crippen LogP) is 6.23. The molecule has 0 unspecified atom stereocenters. The predicted molar refractivity (Wildman–Crippen MR) is 146 cm³/mol. The van der Waals surface area contributed by atoms with Gasteiger partial charge in [0.1, 0.15) is 5.75 Å². The van der Waals surface area contributed by atoms with Crippen LogP contribution >= 0.6 is 0 Å². The number of hydrogen-bond donors (Lipinski definition) is 0. The highest BCUT2D eigenvalue weighted by Gasteiger charge is 2.40. The Bertz CT molecular complexity index is 1300. The van der Waals surface area contributed by atoms with E-state index >= 15 is 0 Å². The summed E-state index contributed by atoms with van der Waals surface area (Å²) >= 11 is 0. The number of nitrogens with zero attached hydrogens (tertiary/aromatic N) is 3. The number of hydrogen-bond acceptors (Lipinski definition) is 5. The maximum atomic E-state index is 13.6. The Balaban J connectivity index is 1.63. The first-order valence-electron chi connectivity index (χ1n) is 14.3. The van der Waals surface area contributed by atoms with Crippen molar-refractivity contribution >= 4 is 5.91 Å². The molecule has 0 saturated carbocycles. The van der Waals surface area contributed by atoms with Gasteiger partial charge in [-0.1, -0.05) is 6.07 Å². The Morgan fingerprint density at radius 1 is 0.800 bits per heavy atom. The zero-order chi connectivity index (χ0) is 33.3. The van der Waals surface area contributed by atoms with E-state index in [4.69, 9.17) is 9.47 Å². The quantitative estimate of drug-likeness (QED) is 0.331. The van der Waals surface area contributed by atoms with E-state index in [1.54, 1.807) is 0 Å². The van der Waals surface area contributed by atoms with Crippen molar-refractivity contribution in [2.45, 2.75) is 57.0 Å². The normalized spacial score (nSPS) is 22.5. The Morgan fingerprint density at radius 3 is 1.91 bits per heavy atom. The van der Waals surface area contributed by atoms with Gasteiger partial charge in [0.05, 0.1) is 36.0 Å².